The number of hydrogen-bond acceptors (Lipinski definition) is 3. The van der Waals surface area contributed by atoms with Crippen LogP contribution in [0.4, 0.5) is 5.69 Å². The van der Waals surface area contributed by atoms with Crippen molar-refractivity contribution in [2.24, 2.45) is 17.6 Å². The van der Waals surface area contributed by atoms with Crippen molar-refractivity contribution in [3.63, 3.8) is 0 Å². The van der Waals surface area contributed by atoms with E-state index in [0.717, 1.165) is 24.9 Å². The van der Waals surface area contributed by atoms with Crippen molar-refractivity contribution < 1.29 is 0 Å². The van der Waals surface area contributed by atoms with Crippen molar-refractivity contribution in [1.82, 2.24) is 4.98 Å². The zero-order valence-electron chi connectivity index (χ0n) is 11.1. The Hall–Kier alpha value is -1.16. The first-order chi connectivity index (χ1) is 8.58. The highest BCUT2D eigenvalue weighted by Gasteiger charge is 2.21. The Bertz CT molecular complexity index is 406. The fourth-order valence-corrected chi connectivity index (χ4v) is 2.66. The molecule has 1 fully saturated rings. The van der Waals surface area contributed by atoms with Crippen LogP contribution in [0.25, 0.3) is 0 Å². The summed E-state index contributed by atoms with van der Waals surface area (Å²) in [6, 6.07) is 3.98. The monoisotopic (exact) mass is 263 g/mol. The lowest BCUT2D eigenvalue weighted by atomic mass is 9.86. The third kappa shape index (κ3) is 2.99. The first-order valence-electron chi connectivity index (χ1n) is 6.58. The molecule has 0 unspecified atom stereocenters. The summed E-state index contributed by atoms with van der Waals surface area (Å²) in [5.41, 5.74) is 7.43. The fourth-order valence-electron chi connectivity index (χ4n) is 2.54. The van der Waals surface area contributed by atoms with E-state index in [1.807, 2.05) is 12.3 Å². The van der Waals surface area contributed by atoms with Gasteiger partial charge < -0.3 is 10.6 Å². The molecular weight excluding hydrogens is 242 g/mol. The van der Waals surface area contributed by atoms with E-state index in [2.05, 4.69) is 29.8 Å². The molecule has 1 saturated heterocycles. The first kappa shape index (κ1) is 13.3. The van der Waals surface area contributed by atoms with Crippen LogP contribution in [0.5, 0.6) is 0 Å². The zero-order chi connectivity index (χ0) is 13.1. The Morgan fingerprint density at radius 1 is 1.39 bits per heavy atom. The summed E-state index contributed by atoms with van der Waals surface area (Å²) in [5.74, 6) is 1.66. The average molecular weight is 263 g/mol. The van der Waals surface area contributed by atoms with Crippen LogP contribution in [-0.2, 0) is 0 Å². The average Bonchev–Trinajstić information content (AvgIpc) is 2.39. The number of anilines is 1. The number of thiocarbonyl (C=S) groups is 1. The molecule has 0 saturated carbocycles. The first-order valence-corrected chi connectivity index (χ1v) is 6.99. The number of piperidine rings is 1. The van der Waals surface area contributed by atoms with E-state index in [1.165, 1.54) is 18.5 Å². The predicted octanol–water partition coefficient (Wildman–Crippen LogP) is 2.59. The van der Waals surface area contributed by atoms with Crippen LogP contribution in [0, 0.1) is 11.8 Å². The molecular formula is C14H21N3S. The molecule has 3 nitrogen and oxygen atoms in total. The molecule has 0 radical (unpaired) electrons. The third-order valence-electron chi connectivity index (χ3n) is 3.85. The van der Waals surface area contributed by atoms with Gasteiger partial charge in [0.25, 0.3) is 0 Å². The lowest BCUT2D eigenvalue weighted by Crippen LogP contribution is -2.35. The Kier molecular flexibility index (Phi) is 4.17. The van der Waals surface area contributed by atoms with Crippen molar-refractivity contribution >= 4 is 22.9 Å². The van der Waals surface area contributed by atoms with Gasteiger partial charge in [0.2, 0.25) is 0 Å². The lowest BCUT2D eigenvalue weighted by molar-refractivity contribution is 0.311. The maximum atomic E-state index is 5.55. The van der Waals surface area contributed by atoms with Crippen molar-refractivity contribution in [2.45, 2.75) is 26.7 Å². The second-order valence-electron chi connectivity index (χ2n) is 5.33. The van der Waals surface area contributed by atoms with Gasteiger partial charge in [-0.2, -0.15) is 0 Å². The quantitative estimate of drug-likeness (QED) is 0.851. The normalized spacial score (nSPS) is 17.2. The second kappa shape index (κ2) is 5.65. The number of hydrogen-bond donors (Lipinski definition) is 1. The minimum Gasteiger partial charge on any atom is -0.388 e. The van der Waals surface area contributed by atoms with Gasteiger partial charge in [-0.15, -0.1) is 0 Å². The Labute approximate surface area is 114 Å². The molecule has 1 aromatic heterocycles. The summed E-state index contributed by atoms with van der Waals surface area (Å²) < 4.78 is 0. The van der Waals surface area contributed by atoms with Gasteiger partial charge >= 0.3 is 0 Å². The predicted molar refractivity (Wildman–Crippen MR) is 79.9 cm³/mol. The van der Waals surface area contributed by atoms with Gasteiger partial charge in [0, 0.05) is 13.1 Å². The van der Waals surface area contributed by atoms with Crippen molar-refractivity contribution in [2.75, 3.05) is 18.0 Å². The molecule has 1 aliphatic rings. The molecule has 0 spiro atoms. The molecule has 0 atom stereocenters. The van der Waals surface area contributed by atoms with Crippen LogP contribution in [0.3, 0.4) is 0 Å². The molecule has 2 heterocycles. The van der Waals surface area contributed by atoms with Crippen LogP contribution in [0.2, 0.25) is 0 Å². The molecule has 2 N–H and O–H groups in total. The number of pyridine rings is 1. The molecule has 1 aliphatic heterocycles. The highest BCUT2D eigenvalue weighted by molar-refractivity contribution is 7.80. The maximum absolute atomic E-state index is 5.55. The van der Waals surface area contributed by atoms with Crippen LogP contribution in [0.15, 0.2) is 18.3 Å². The molecule has 98 valence electrons. The standard InChI is InChI=1S/C14H21N3S/c1-10(2)11-5-7-17(8-6-11)12-3-4-13(14(15)18)16-9-12/h3-4,9-11H,5-8H2,1-2H3,(H2,15,18). The van der Waals surface area contributed by atoms with Crippen LogP contribution >= 0.6 is 12.2 Å². The highest BCUT2D eigenvalue weighted by atomic mass is 32.1. The topological polar surface area (TPSA) is 42.1 Å². The third-order valence-corrected chi connectivity index (χ3v) is 4.06. The van der Waals surface area contributed by atoms with Gasteiger partial charge in [-0.1, -0.05) is 26.1 Å². The molecule has 4 heteroatoms. The summed E-state index contributed by atoms with van der Waals surface area (Å²) in [6.45, 7) is 6.88. The molecule has 0 bridgehead atoms. The fraction of sp³-hybridized carbons (Fsp3) is 0.571. The summed E-state index contributed by atoms with van der Waals surface area (Å²) in [6.07, 6.45) is 4.42. The zero-order valence-corrected chi connectivity index (χ0v) is 11.9. The SMILES string of the molecule is CC(C)C1CCN(c2ccc(C(N)=S)nc2)CC1. The molecule has 18 heavy (non-hydrogen) atoms. The van der Waals surface area contributed by atoms with E-state index in [1.54, 1.807) is 0 Å². The van der Waals surface area contributed by atoms with E-state index >= 15 is 0 Å². The number of nitrogens with zero attached hydrogens (tertiary/aromatic N) is 2. The van der Waals surface area contributed by atoms with Crippen molar-refractivity contribution in [3.05, 3.63) is 24.0 Å². The number of nitrogens with two attached hydrogens (primary N) is 1. The van der Waals surface area contributed by atoms with Gasteiger partial charge in [0.15, 0.2) is 0 Å². The second-order valence-corrected chi connectivity index (χ2v) is 5.77. The summed E-state index contributed by atoms with van der Waals surface area (Å²) in [7, 11) is 0. The van der Waals surface area contributed by atoms with Gasteiger partial charge in [-0.05, 0) is 36.8 Å². The van der Waals surface area contributed by atoms with E-state index in [4.69, 9.17) is 18.0 Å². The van der Waals surface area contributed by atoms with Gasteiger partial charge in [-0.25, -0.2) is 0 Å². The van der Waals surface area contributed by atoms with Crippen LogP contribution in [0.1, 0.15) is 32.4 Å². The highest BCUT2D eigenvalue weighted by Crippen LogP contribution is 2.27. The Balaban J connectivity index is 1.99. The van der Waals surface area contributed by atoms with Gasteiger partial charge in [0.05, 0.1) is 17.6 Å². The van der Waals surface area contributed by atoms with Crippen molar-refractivity contribution in [1.29, 1.82) is 0 Å². The summed E-state index contributed by atoms with van der Waals surface area (Å²) >= 11 is 4.91. The minimum atomic E-state index is 0.361. The summed E-state index contributed by atoms with van der Waals surface area (Å²) in [4.78, 5) is 7.06. The van der Waals surface area contributed by atoms with Crippen LogP contribution < -0.4 is 10.6 Å². The smallest absolute Gasteiger partial charge is 0.122 e. The summed E-state index contributed by atoms with van der Waals surface area (Å²) in [5, 5.41) is 0. The maximum Gasteiger partial charge on any atom is 0.122 e. The molecule has 0 amide bonds. The van der Waals surface area contributed by atoms with E-state index in [-0.39, 0.29) is 0 Å². The van der Waals surface area contributed by atoms with E-state index < -0.39 is 0 Å². The molecule has 0 aromatic carbocycles. The lowest BCUT2D eigenvalue weighted by Gasteiger charge is -2.35. The molecule has 1 aromatic rings. The molecule has 0 aliphatic carbocycles. The minimum absolute atomic E-state index is 0.361. The number of rotatable bonds is 3. The van der Waals surface area contributed by atoms with Gasteiger partial charge in [-0.3, -0.25) is 4.98 Å². The number of aromatic nitrogens is 1. The van der Waals surface area contributed by atoms with Crippen molar-refractivity contribution in [3.8, 4) is 0 Å². The molecule has 2 rings (SSSR count). The Morgan fingerprint density at radius 2 is 2.06 bits per heavy atom. The van der Waals surface area contributed by atoms with E-state index in [9.17, 15) is 0 Å². The van der Waals surface area contributed by atoms with Gasteiger partial charge in [0.1, 0.15) is 4.99 Å². The van der Waals surface area contributed by atoms with E-state index in [0.29, 0.717) is 10.7 Å². The Morgan fingerprint density at radius 3 is 2.50 bits per heavy atom. The largest absolute Gasteiger partial charge is 0.388 e. The van der Waals surface area contributed by atoms with Crippen LogP contribution in [-0.4, -0.2) is 23.1 Å².